The molecule has 0 saturated carbocycles. The fourth-order valence-corrected chi connectivity index (χ4v) is 1.93. The van der Waals surface area contributed by atoms with Crippen LogP contribution in [0, 0.1) is 0 Å². The third-order valence-corrected chi connectivity index (χ3v) is 2.87. The van der Waals surface area contributed by atoms with Crippen molar-refractivity contribution in [3.8, 4) is 0 Å². The maximum Gasteiger partial charge on any atom is 0.154 e. The number of nitrogens with zero attached hydrogens (tertiary/aromatic N) is 2. The van der Waals surface area contributed by atoms with Crippen LogP contribution in [0.25, 0.3) is 23.1 Å². The minimum absolute atomic E-state index is 0.512. The lowest BCUT2D eigenvalue weighted by molar-refractivity contribution is 1.19. The molecule has 0 unspecified atom stereocenters. The van der Waals surface area contributed by atoms with E-state index in [4.69, 9.17) is 5.73 Å². The first-order valence-corrected chi connectivity index (χ1v) is 6.08. The molecule has 0 bridgehead atoms. The smallest absolute Gasteiger partial charge is 0.154 e. The van der Waals surface area contributed by atoms with E-state index in [0.717, 1.165) is 16.5 Å². The molecule has 0 spiro atoms. The van der Waals surface area contributed by atoms with Gasteiger partial charge < -0.3 is 5.73 Å². The largest absolute Gasteiger partial charge is 0.383 e. The van der Waals surface area contributed by atoms with Gasteiger partial charge >= 0.3 is 0 Å². The van der Waals surface area contributed by atoms with Crippen LogP contribution in [-0.4, -0.2) is 9.97 Å². The van der Waals surface area contributed by atoms with Gasteiger partial charge in [0.25, 0.3) is 0 Å². The van der Waals surface area contributed by atoms with E-state index in [2.05, 4.69) is 9.97 Å². The maximum atomic E-state index is 5.94. The summed E-state index contributed by atoms with van der Waals surface area (Å²) in [5.74, 6) is 1.14. The Morgan fingerprint density at radius 2 is 1.53 bits per heavy atom. The Hall–Kier alpha value is -2.68. The molecule has 0 aliphatic carbocycles. The zero-order valence-corrected chi connectivity index (χ0v) is 10.3. The number of aromatic nitrogens is 2. The molecule has 92 valence electrons. The molecule has 3 aromatic rings. The molecule has 3 rings (SSSR count). The van der Waals surface area contributed by atoms with Gasteiger partial charge in [0.05, 0.1) is 5.52 Å². The van der Waals surface area contributed by atoms with Gasteiger partial charge in [0.1, 0.15) is 5.82 Å². The predicted molar refractivity (Wildman–Crippen MR) is 79.3 cm³/mol. The second kappa shape index (κ2) is 4.90. The third-order valence-electron chi connectivity index (χ3n) is 2.87. The minimum atomic E-state index is 0.512. The van der Waals surface area contributed by atoms with Crippen molar-refractivity contribution in [1.82, 2.24) is 9.97 Å². The normalized spacial score (nSPS) is 11.2. The van der Waals surface area contributed by atoms with Gasteiger partial charge in [-0.3, -0.25) is 0 Å². The van der Waals surface area contributed by atoms with E-state index in [9.17, 15) is 0 Å². The number of para-hydroxylation sites is 1. The summed E-state index contributed by atoms with van der Waals surface area (Å²) in [6.45, 7) is 0. The SMILES string of the molecule is Nc1nc(C=Cc2ccccc2)nc2ccccc12. The van der Waals surface area contributed by atoms with Crippen molar-refractivity contribution in [2.24, 2.45) is 0 Å². The summed E-state index contributed by atoms with van der Waals surface area (Å²) >= 11 is 0. The molecule has 0 radical (unpaired) electrons. The number of nitrogen functional groups attached to an aromatic ring is 1. The van der Waals surface area contributed by atoms with Gasteiger partial charge in [-0.25, -0.2) is 9.97 Å². The quantitative estimate of drug-likeness (QED) is 0.755. The first-order valence-electron chi connectivity index (χ1n) is 6.08. The van der Waals surface area contributed by atoms with Crippen LogP contribution in [0.4, 0.5) is 5.82 Å². The van der Waals surface area contributed by atoms with Crippen molar-refractivity contribution >= 4 is 28.9 Å². The minimum Gasteiger partial charge on any atom is -0.383 e. The van der Waals surface area contributed by atoms with Crippen LogP contribution in [0.1, 0.15) is 11.4 Å². The van der Waals surface area contributed by atoms with Crippen molar-refractivity contribution in [3.05, 3.63) is 66.0 Å². The zero-order chi connectivity index (χ0) is 13.1. The average Bonchev–Trinajstić information content (AvgIpc) is 2.46. The van der Waals surface area contributed by atoms with E-state index < -0.39 is 0 Å². The number of benzene rings is 2. The topological polar surface area (TPSA) is 51.8 Å². The van der Waals surface area contributed by atoms with Crippen molar-refractivity contribution in [2.45, 2.75) is 0 Å². The maximum absolute atomic E-state index is 5.94. The monoisotopic (exact) mass is 247 g/mol. The van der Waals surface area contributed by atoms with E-state index in [1.54, 1.807) is 0 Å². The molecule has 0 aliphatic heterocycles. The number of fused-ring (bicyclic) bond motifs is 1. The Balaban J connectivity index is 2.00. The number of hydrogen-bond acceptors (Lipinski definition) is 3. The van der Waals surface area contributed by atoms with E-state index in [1.807, 2.05) is 66.7 Å². The number of anilines is 1. The Morgan fingerprint density at radius 3 is 2.37 bits per heavy atom. The summed E-state index contributed by atoms with van der Waals surface area (Å²) in [5, 5.41) is 0.888. The van der Waals surface area contributed by atoms with Crippen molar-refractivity contribution < 1.29 is 0 Å². The van der Waals surface area contributed by atoms with Gasteiger partial charge in [-0.05, 0) is 23.8 Å². The Kier molecular flexibility index (Phi) is 2.94. The highest BCUT2D eigenvalue weighted by Crippen LogP contribution is 2.17. The van der Waals surface area contributed by atoms with Crippen LogP contribution in [-0.2, 0) is 0 Å². The van der Waals surface area contributed by atoms with Crippen LogP contribution in [0.5, 0.6) is 0 Å². The van der Waals surface area contributed by atoms with Crippen molar-refractivity contribution in [3.63, 3.8) is 0 Å². The second-order valence-electron chi connectivity index (χ2n) is 4.23. The standard InChI is InChI=1S/C16H13N3/c17-16-13-8-4-5-9-14(13)18-15(19-16)11-10-12-6-2-1-3-7-12/h1-11H,(H2,17,18,19). The van der Waals surface area contributed by atoms with Crippen molar-refractivity contribution in [2.75, 3.05) is 5.73 Å². The van der Waals surface area contributed by atoms with Crippen LogP contribution in [0.2, 0.25) is 0 Å². The van der Waals surface area contributed by atoms with Crippen LogP contribution in [0.15, 0.2) is 54.6 Å². The summed E-state index contributed by atoms with van der Waals surface area (Å²) in [7, 11) is 0. The molecule has 3 nitrogen and oxygen atoms in total. The van der Waals surface area contributed by atoms with Gasteiger partial charge in [-0.1, -0.05) is 48.5 Å². The molecule has 1 heterocycles. The van der Waals surface area contributed by atoms with Crippen LogP contribution < -0.4 is 5.73 Å². The first-order chi connectivity index (χ1) is 9.33. The fraction of sp³-hybridized carbons (Fsp3) is 0. The molecule has 0 atom stereocenters. The summed E-state index contributed by atoms with van der Waals surface area (Å²) in [6, 6.07) is 17.8. The number of rotatable bonds is 2. The molecular formula is C16H13N3. The van der Waals surface area contributed by atoms with Gasteiger partial charge in [0.2, 0.25) is 0 Å². The van der Waals surface area contributed by atoms with Gasteiger partial charge in [-0.2, -0.15) is 0 Å². The lowest BCUT2D eigenvalue weighted by atomic mass is 10.2. The summed E-state index contributed by atoms with van der Waals surface area (Å²) in [6.07, 6.45) is 3.85. The lowest BCUT2D eigenvalue weighted by Crippen LogP contribution is -1.97. The van der Waals surface area contributed by atoms with Gasteiger partial charge in [0, 0.05) is 5.39 Å². The lowest BCUT2D eigenvalue weighted by Gasteiger charge is -2.01. The highest BCUT2D eigenvalue weighted by molar-refractivity contribution is 5.88. The molecule has 0 saturated heterocycles. The van der Waals surface area contributed by atoms with Crippen molar-refractivity contribution in [1.29, 1.82) is 0 Å². The molecule has 3 heteroatoms. The molecule has 0 aliphatic rings. The molecule has 0 amide bonds. The van der Waals surface area contributed by atoms with E-state index in [1.165, 1.54) is 0 Å². The van der Waals surface area contributed by atoms with E-state index >= 15 is 0 Å². The highest BCUT2D eigenvalue weighted by atomic mass is 14.9. The summed E-state index contributed by atoms with van der Waals surface area (Å²) in [5.41, 5.74) is 7.91. The molecule has 0 fully saturated rings. The summed E-state index contributed by atoms with van der Waals surface area (Å²) in [4.78, 5) is 8.77. The number of hydrogen-bond donors (Lipinski definition) is 1. The molecular weight excluding hydrogens is 234 g/mol. The second-order valence-corrected chi connectivity index (χ2v) is 4.23. The van der Waals surface area contributed by atoms with Crippen LogP contribution in [0.3, 0.4) is 0 Å². The number of nitrogens with two attached hydrogens (primary N) is 1. The molecule has 1 aromatic heterocycles. The Morgan fingerprint density at radius 1 is 0.789 bits per heavy atom. The molecule has 2 N–H and O–H groups in total. The predicted octanol–water partition coefficient (Wildman–Crippen LogP) is 3.38. The Bertz CT molecular complexity index is 733. The zero-order valence-electron chi connectivity index (χ0n) is 10.3. The Labute approximate surface area is 111 Å². The van der Waals surface area contributed by atoms with Crippen LogP contribution >= 0.6 is 0 Å². The third kappa shape index (κ3) is 2.45. The fourth-order valence-electron chi connectivity index (χ4n) is 1.93. The van der Waals surface area contributed by atoms with Gasteiger partial charge in [0.15, 0.2) is 5.82 Å². The average molecular weight is 247 g/mol. The van der Waals surface area contributed by atoms with E-state index in [-0.39, 0.29) is 0 Å². The van der Waals surface area contributed by atoms with Gasteiger partial charge in [-0.15, -0.1) is 0 Å². The summed E-state index contributed by atoms with van der Waals surface area (Å²) < 4.78 is 0. The van der Waals surface area contributed by atoms with E-state index in [0.29, 0.717) is 11.6 Å². The highest BCUT2D eigenvalue weighted by Gasteiger charge is 2.01. The first kappa shape index (κ1) is 11.4. The molecule has 19 heavy (non-hydrogen) atoms. The molecule has 2 aromatic carbocycles.